The number of aliphatic hydroxyl groups is 1. The van der Waals surface area contributed by atoms with Gasteiger partial charge in [-0.3, -0.25) is 9.36 Å². The van der Waals surface area contributed by atoms with Crippen molar-refractivity contribution in [3.05, 3.63) is 24.3 Å². The van der Waals surface area contributed by atoms with Crippen molar-refractivity contribution in [1.29, 1.82) is 0 Å². The maximum Gasteiger partial charge on any atom is 0.268 e. The van der Waals surface area contributed by atoms with Gasteiger partial charge in [0.15, 0.2) is 0 Å². The van der Waals surface area contributed by atoms with Crippen LogP contribution in [0.3, 0.4) is 0 Å². The summed E-state index contributed by atoms with van der Waals surface area (Å²) in [4.78, 5) is 25.5. The number of aliphatic hydroxyl groups excluding tert-OH is 1. The lowest BCUT2D eigenvalue weighted by Gasteiger charge is -2.29. The van der Waals surface area contributed by atoms with Gasteiger partial charge in [-0.2, -0.15) is 0 Å². The molecule has 3 unspecified atom stereocenters. The molecule has 0 spiro atoms. The fourth-order valence-electron chi connectivity index (χ4n) is 10.9. The molecule has 0 aliphatic carbocycles. The summed E-state index contributed by atoms with van der Waals surface area (Å²) in [7, 11) is 1.26. The molecule has 1 amide bonds. The van der Waals surface area contributed by atoms with Crippen molar-refractivity contribution in [3.8, 4) is 0 Å². The zero-order chi connectivity index (χ0) is 57.7. The maximum absolute atomic E-state index is 13.0. The Labute approximate surface area is 494 Å². The minimum atomic E-state index is -4.60. The van der Waals surface area contributed by atoms with Gasteiger partial charge in [0.25, 0.3) is 7.82 Å². The number of phosphoric acid groups is 1. The van der Waals surface area contributed by atoms with E-state index in [4.69, 9.17) is 9.05 Å². The van der Waals surface area contributed by atoms with Crippen LogP contribution in [0.4, 0.5) is 0 Å². The summed E-state index contributed by atoms with van der Waals surface area (Å²) in [6.07, 6.45) is 80.5. The number of hydrogen-bond donors (Lipinski definition) is 2. The fraction of sp³-hybridized carbons (Fsp3) is 0.929. The van der Waals surface area contributed by atoms with Gasteiger partial charge in [-0.05, 0) is 32.1 Å². The van der Waals surface area contributed by atoms with Crippen molar-refractivity contribution in [3.63, 3.8) is 0 Å². The van der Waals surface area contributed by atoms with Crippen LogP contribution < -0.4 is 10.2 Å². The first-order valence-corrected chi connectivity index (χ1v) is 36.7. The molecular formula is C70H139N2O6P. The van der Waals surface area contributed by atoms with E-state index < -0.39 is 20.0 Å². The molecule has 0 heterocycles. The van der Waals surface area contributed by atoms with Gasteiger partial charge in [0, 0.05) is 6.42 Å². The van der Waals surface area contributed by atoms with Crippen LogP contribution in [0.2, 0.25) is 0 Å². The van der Waals surface area contributed by atoms with Crippen molar-refractivity contribution in [2.75, 3.05) is 40.9 Å². The number of amides is 1. The summed E-state index contributed by atoms with van der Waals surface area (Å²) in [6, 6.07) is -0.901. The second kappa shape index (κ2) is 61.5. The lowest BCUT2D eigenvalue weighted by Crippen LogP contribution is -2.45. The Balaban J connectivity index is 3.85. The Kier molecular flexibility index (Phi) is 60.7. The standard InChI is InChI=1S/C70H139N2O6P/c1-6-8-10-12-14-16-18-20-22-24-25-26-27-28-29-30-31-32-33-34-35-36-37-38-39-40-41-42-43-44-45-46-47-48-50-52-54-56-58-60-62-64-70(74)71-68(67-78-79(75,76)77-66-65-72(3,4)5)69(73)63-61-59-57-55-53-51-49-23-21-19-17-15-13-11-9-7-2/h53,55,61,63,68-69,73H,6-52,54,56-60,62,64-67H2,1-5H3,(H-,71,74,75,76)/b55-53+,63-61+. The molecule has 0 aromatic carbocycles. The van der Waals surface area contributed by atoms with Gasteiger partial charge in [0.2, 0.25) is 5.91 Å². The smallest absolute Gasteiger partial charge is 0.268 e. The highest BCUT2D eigenvalue weighted by molar-refractivity contribution is 7.45. The van der Waals surface area contributed by atoms with E-state index in [0.717, 1.165) is 38.5 Å². The van der Waals surface area contributed by atoms with Crippen LogP contribution in [-0.4, -0.2) is 68.5 Å². The summed E-state index contributed by atoms with van der Waals surface area (Å²) in [5.41, 5.74) is 0. The first kappa shape index (κ1) is 78.0. The highest BCUT2D eigenvalue weighted by atomic mass is 31.2. The van der Waals surface area contributed by atoms with Gasteiger partial charge in [-0.15, -0.1) is 0 Å². The van der Waals surface area contributed by atoms with Crippen LogP contribution in [0.15, 0.2) is 24.3 Å². The zero-order valence-electron chi connectivity index (χ0n) is 53.9. The number of carbonyl (C=O) groups is 1. The van der Waals surface area contributed by atoms with Gasteiger partial charge in [0.1, 0.15) is 13.2 Å². The Morgan fingerprint density at radius 2 is 0.709 bits per heavy atom. The monoisotopic (exact) mass is 1140 g/mol. The third-order valence-electron chi connectivity index (χ3n) is 16.4. The molecule has 79 heavy (non-hydrogen) atoms. The molecule has 0 saturated heterocycles. The van der Waals surface area contributed by atoms with Crippen LogP contribution >= 0.6 is 7.82 Å². The number of likely N-dealkylation sites (N-methyl/N-ethyl adjacent to an activating group) is 1. The number of carbonyl (C=O) groups excluding carboxylic acids is 1. The van der Waals surface area contributed by atoms with E-state index in [0.29, 0.717) is 17.4 Å². The van der Waals surface area contributed by atoms with Crippen molar-refractivity contribution in [1.82, 2.24) is 5.32 Å². The van der Waals surface area contributed by atoms with Crippen LogP contribution in [0.5, 0.6) is 0 Å². The van der Waals surface area contributed by atoms with Gasteiger partial charge in [-0.25, -0.2) is 0 Å². The van der Waals surface area contributed by atoms with Crippen molar-refractivity contribution >= 4 is 13.7 Å². The number of rotatable bonds is 66. The SMILES string of the molecule is CCCCCCCCCCCC/C=C/CC/C=C/C(O)C(COP(=O)([O-])OCC[N+](C)(C)C)NC(=O)CCCCCCCCCCCCCCCCCCCCCCCCCCCCCCCCCCCCCCCCCCC. The van der Waals surface area contributed by atoms with Crippen LogP contribution in [0.1, 0.15) is 367 Å². The molecule has 0 aliphatic rings. The molecule has 0 saturated carbocycles. The predicted octanol–water partition coefficient (Wildman–Crippen LogP) is 21.6. The van der Waals surface area contributed by atoms with Crippen LogP contribution in [-0.2, 0) is 18.4 Å². The van der Waals surface area contributed by atoms with Crippen molar-refractivity contribution < 1.29 is 32.9 Å². The normalized spacial score (nSPS) is 13.8. The summed E-state index contributed by atoms with van der Waals surface area (Å²) in [5.74, 6) is -0.200. The third kappa shape index (κ3) is 64.4. The second-order valence-corrected chi connectivity index (χ2v) is 27.0. The Bertz CT molecular complexity index is 1340. The minimum absolute atomic E-state index is 0.00369. The molecule has 2 N–H and O–H groups in total. The molecule has 0 aliphatic heterocycles. The summed E-state index contributed by atoms with van der Waals surface area (Å²) >= 11 is 0. The zero-order valence-corrected chi connectivity index (χ0v) is 54.8. The van der Waals surface area contributed by atoms with E-state index >= 15 is 0 Å². The van der Waals surface area contributed by atoms with E-state index in [2.05, 4.69) is 31.3 Å². The number of phosphoric ester groups is 1. The molecule has 3 atom stereocenters. The van der Waals surface area contributed by atoms with Gasteiger partial charge >= 0.3 is 0 Å². The number of allylic oxidation sites excluding steroid dienone is 3. The summed E-state index contributed by atoms with van der Waals surface area (Å²) in [5, 5.41) is 13.9. The largest absolute Gasteiger partial charge is 0.756 e. The van der Waals surface area contributed by atoms with Gasteiger partial charge in [-0.1, -0.05) is 353 Å². The number of nitrogens with one attached hydrogen (secondary N) is 1. The average molecular weight is 1140 g/mol. The van der Waals surface area contributed by atoms with E-state index in [1.54, 1.807) is 6.08 Å². The molecule has 0 aromatic heterocycles. The molecule has 0 aromatic rings. The molecule has 0 bridgehead atoms. The maximum atomic E-state index is 13.0. The molecule has 8 nitrogen and oxygen atoms in total. The molecule has 0 fully saturated rings. The minimum Gasteiger partial charge on any atom is -0.756 e. The van der Waals surface area contributed by atoms with E-state index in [-0.39, 0.29) is 19.1 Å². The molecule has 0 rings (SSSR count). The lowest BCUT2D eigenvalue weighted by molar-refractivity contribution is -0.870. The fourth-order valence-corrected chi connectivity index (χ4v) is 11.7. The molecule has 470 valence electrons. The van der Waals surface area contributed by atoms with Crippen molar-refractivity contribution in [2.45, 2.75) is 379 Å². The summed E-state index contributed by atoms with van der Waals surface area (Å²) in [6.45, 7) is 4.68. The third-order valence-corrected chi connectivity index (χ3v) is 17.4. The van der Waals surface area contributed by atoms with Crippen molar-refractivity contribution in [2.24, 2.45) is 0 Å². The number of quaternary nitrogens is 1. The number of unbranched alkanes of at least 4 members (excludes halogenated alkanes) is 51. The quantitative estimate of drug-likeness (QED) is 0.0272. The summed E-state index contributed by atoms with van der Waals surface area (Å²) < 4.78 is 23.4. The van der Waals surface area contributed by atoms with E-state index in [9.17, 15) is 19.4 Å². The Morgan fingerprint density at radius 3 is 1.03 bits per heavy atom. The van der Waals surface area contributed by atoms with E-state index in [1.165, 1.54) is 308 Å². The topological polar surface area (TPSA) is 108 Å². The lowest BCUT2D eigenvalue weighted by atomic mass is 10.0. The van der Waals surface area contributed by atoms with Crippen LogP contribution in [0, 0.1) is 0 Å². The average Bonchev–Trinajstić information content (AvgIpc) is 3.42. The van der Waals surface area contributed by atoms with E-state index in [1.807, 2.05) is 27.2 Å². The molecule has 0 radical (unpaired) electrons. The van der Waals surface area contributed by atoms with Crippen LogP contribution in [0.25, 0.3) is 0 Å². The number of nitrogens with zero attached hydrogens (tertiary/aromatic N) is 1. The predicted molar refractivity (Wildman–Crippen MR) is 344 cm³/mol. The highest BCUT2D eigenvalue weighted by Gasteiger charge is 2.23. The molecular weight excluding hydrogens is 996 g/mol. The Morgan fingerprint density at radius 1 is 0.430 bits per heavy atom. The first-order chi connectivity index (χ1) is 38.5. The first-order valence-electron chi connectivity index (χ1n) is 35.2. The second-order valence-electron chi connectivity index (χ2n) is 25.6. The Hall–Kier alpha value is -1.02. The van der Waals surface area contributed by atoms with Gasteiger partial charge < -0.3 is 28.8 Å². The number of hydrogen-bond acceptors (Lipinski definition) is 6. The highest BCUT2D eigenvalue weighted by Crippen LogP contribution is 2.38. The van der Waals surface area contributed by atoms with Gasteiger partial charge in [0.05, 0.1) is 39.9 Å². The molecule has 9 heteroatoms.